The van der Waals surface area contributed by atoms with E-state index in [9.17, 15) is 25.5 Å². The maximum absolute atomic E-state index is 12.8. The van der Waals surface area contributed by atoms with E-state index in [1.54, 1.807) is 14.2 Å². The lowest BCUT2D eigenvalue weighted by Crippen LogP contribution is -2.82. The monoisotopic (exact) mass is 469 g/mol. The van der Waals surface area contributed by atoms with Crippen LogP contribution in [0.1, 0.15) is 26.2 Å². The molecule has 1 spiro atoms. The molecule has 6 fully saturated rings. The Morgan fingerprint density at radius 1 is 1.00 bits per heavy atom. The van der Waals surface area contributed by atoms with Crippen LogP contribution in [0.4, 0.5) is 0 Å². The minimum atomic E-state index is -1.75. The highest BCUT2D eigenvalue weighted by Gasteiger charge is 2.92. The van der Waals surface area contributed by atoms with Gasteiger partial charge in [0.2, 0.25) is 0 Å². The number of likely N-dealkylation sites (tertiary alicyclic amines) is 1. The van der Waals surface area contributed by atoms with Crippen molar-refractivity contribution in [3.63, 3.8) is 0 Å². The number of rotatable bonds is 5. The summed E-state index contributed by atoms with van der Waals surface area (Å²) in [6, 6.07) is -0.618. The molecule has 5 N–H and O–H groups in total. The van der Waals surface area contributed by atoms with Gasteiger partial charge >= 0.3 is 0 Å². The number of piperidine rings is 1. The topological polar surface area (TPSA) is 132 Å². The third kappa shape index (κ3) is 2.12. The van der Waals surface area contributed by atoms with Gasteiger partial charge in [0, 0.05) is 68.8 Å². The number of methoxy groups -OCH3 is 3. The molecular weight excluding hydrogens is 430 g/mol. The second-order valence-corrected chi connectivity index (χ2v) is 11.8. The molecule has 7 bridgehead atoms. The summed E-state index contributed by atoms with van der Waals surface area (Å²) in [5.74, 6) is -2.29. The molecule has 0 aromatic carbocycles. The quantitative estimate of drug-likeness (QED) is 0.329. The summed E-state index contributed by atoms with van der Waals surface area (Å²) in [6.45, 7) is 3.73. The van der Waals surface area contributed by atoms with E-state index in [1.165, 1.54) is 7.11 Å². The van der Waals surface area contributed by atoms with Crippen molar-refractivity contribution in [2.24, 2.45) is 34.5 Å². The molecule has 0 aromatic heterocycles. The highest BCUT2D eigenvalue weighted by Crippen LogP contribution is 2.80. The molecule has 0 aromatic rings. The molecule has 1 heterocycles. The van der Waals surface area contributed by atoms with Crippen LogP contribution in [0, 0.1) is 34.5 Å². The van der Waals surface area contributed by atoms with E-state index < -0.39 is 76.3 Å². The molecule has 6 rings (SSSR count). The number of likely N-dealkylation sites (N-methyl/N-ethyl adjacent to an activating group) is 1. The summed E-state index contributed by atoms with van der Waals surface area (Å²) in [7, 11) is 4.74. The Morgan fingerprint density at radius 3 is 2.30 bits per heavy atom. The van der Waals surface area contributed by atoms with Crippen molar-refractivity contribution in [1.29, 1.82) is 0 Å². The fourth-order valence-electron chi connectivity index (χ4n) is 10.7. The van der Waals surface area contributed by atoms with Crippen molar-refractivity contribution in [3.8, 4) is 0 Å². The fraction of sp³-hybridized carbons (Fsp3) is 1.00. The molecule has 9 nitrogen and oxygen atoms in total. The van der Waals surface area contributed by atoms with Gasteiger partial charge in [-0.05, 0) is 19.4 Å². The van der Waals surface area contributed by atoms with Crippen LogP contribution in [0.15, 0.2) is 0 Å². The predicted molar refractivity (Wildman–Crippen MR) is 115 cm³/mol. The van der Waals surface area contributed by atoms with Gasteiger partial charge in [0.1, 0.15) is 11.2 Å². The average molecular weight is 470 g/mol. The zero-order valence-corrected chi connectivity index (χ0v) is 19.9. The van der Waals surface area contributed by atoms with Crippen LogP contribution in [-0.2, 0) is 14.2 Å². The second kappa shape index (κ2) is 6.89. The minimum absolute atomic E-state index is 0.101. The van der Waals surface area contributed by atoms with E-state index in [4.69, 9.17) is 14.2 Å². The molecule has 188 valence electrons. The Hall–Kier alpha value is -0.360. The average Bonchev–Trinajstić information content (AvgIpc) is 3.09. The van der Waals surface area contributed by atoms with Gasteiger partial charge in [-0.15, -0.1) is 0 Å². The van der Waals surface area contributed by atoms with E-state index in [0.29, 0.717) is 32.5 Å². The van der Waals surface area contributed by atoms with Crippen molar-refractivity contribution in [1.82, 2.24) is 4.90 Å². The van der Waals surface area contributed by atoms with Crippen LogP contribution < -0.4 is 0 Å². The summed E-state index contributed by atoms with van der Waals surface area (Å²) >= 11 is 0. The van der Waals surface area contributed by atoms with Crippen molar-refractivity contribution < 1.29 is 39.7 Å². The van der Waals surface area contributed by atoms with Crippen molar-refractivity contribution in [3.05, 3.63) is 0 Å². The second-order valence-electron chi connectivity index (χ2n) is 11.8. The molecule has 5 aliphatic carbocycles. The van der Waals surface area contributed by atoms with Crippen molar-refractivity contribution in [2.75, 3.05) is 41.0 Å². The molecule has 0 amide bonds. The Balaban J connectivity index is 1.69. The van der Waals surface area contributed by atoms with Gasteiger partial charge in [0.25, 0.3) is 0 Å². The van der Waals surface area contributed by atoms with Crippen molar-refractivity contribution >= 4 is 0 Å². The molecule has 9 heteroatoms. The number of ether oxygens (including phenoxy) is 3. The molecule has 14 atom stereocenters. The van der Waals surface area contributed by atoms with E-state index in [-0.39, 0.29) is 12.3 Å². The lowest BCUT2D eigenvalue weighted by molar-refractivity contribution is -0.319. The van der Waals surface area contributed by atoms with Gasteiger partial charge in [0.15, 0.2) is 0 Å². The van der Waals surface area contributed by atoms with E-state index in [1.807, 2.05) is 6.92 Å². The summed E-state index contributed by atoms with van der Waals surface area (Å²) in [5.41, 5.74) is -4.85. The molecule has 1 saturated heterocycles. The number of fused-ring (bicyclic) bond motifs is 2. The van der Waals surface area contributed by atoms with Crippen LogP contribution in [-0.4, -0.2) is 119 Å². The SMILES string of the molecule is CCN1CC2(COC)CCC(O)C34C5C(O)C6C(OC)CC(O)(C5C6O)C(O)(C(OC)C23)C14. The molecule has 0 radical (unpaired) electrons. The molecular formula is C24H39NO8. The number of hydrogen-bond donors (Lipinski definition) is 5. The summed E-state index contributed by atoms with van der Waals surface area (Å²) < 4.78 is 17.5. The van der Waals surface area contributed by atoms with Gasteiger partial charge in [0.05, 0.1) is 43.2 Å². The Labute approximate surface area is 194 Å². The van der Waals surface area contributed by atoms with Crippen LogP contribution in [0.2, 0.25) is 0 Å². The minimum Gasteiger partial charge on any atom is -0.392 e. The number of nitrogens with zero attached hydrogens (tertiary/aromatic N) is 1. The zero-order valence-electron chi connectivity index (χ0n) is 19.9. The Morgan fingerprint density at radius 2 is 1.70 bits per heavy atom. The van der Waals surface area contributed by atoms with Gasteiger partial charge in [-0.1, -0.05) is 6.92 Å². The molecule has 33 heavy (non-hydrogen) atoms. The maximum atomic E-state index is 12.8. The summed E-state index contributed by atoms with van der Waals surface area (Å²) in [5, 5.41) is 60.3. The largest absolute Gasteiger partial charge is 0.392 e. The molecule has 6 aliphatic rings. The number of aliphatic hydroxyl groups is 5. The van der Waals surface area contributed by atoms with E-state index in [0.717, 1.165) is 0 Å². The summed E-state index contributed by atoms with van der Waals surface area (Å²) in [6.07, 6.45) is -2.91. The Kier molecular flexibility index (Phi) is 4.82. The van der Waals surface area contributed by atoms with Crippen molar-refractivity contribution in [2.45, 2.75) is 73.9 Å². The lowest BCUT2D eigenvalue weighted by atomic mass is 9.42. The van der Waals surface area contributed by atoms with Gasteiger partial charge in [-0.2, -0.15) is 0 Å². The van der Waals surface area contributed by atoms with Crippen LogP contribution in [0.25, 0.3) is 0 Å². The summed E-state index contributed by atoms with van der Waals surface area (Å²) in [4.78, 5) is 2.18. The first-order chi connectivity index (χ1) is 15.7. The predicted octanol–water partition coefficient (Wildman–Crippen LogP) is -1.41. The van der Waals surface area contributed by atoms with Crippen LogP contribution in [0.3, 0.4) is 0 Å². The molecule has 5 saturated carbocycles. The van der Waals surface area contributed by atoms with E-state index in [2.05, 4.69) is 4.90 Å². The first-order valence-corrected chi connectivity index (χ1v) is 12.4. The smallest absolute Gasteiger partial charge is 0.136 e. The fourth-order valence-corrected chi connectivity index (χ4v) is 10.7. The molecule has 1 aliphatic heterocycles. The first kappa shape index (κ1) is 23.1. The normalized spacial score (nSPS) is 63.2. The van der Waals surface area contributed by atoms with Crippen LogP contribution in [0.5, 0.6) is 0 Å². The maximum Gasteiger partial charge on any atom is 0.136 e. The Bertz CT molecular complexity index is 830. The number of hydrogen-bond acceptors (Lipinski definition) is 9. The van der Waals surface area contributed by atoms with Gasteiger partial charge < -0.3 is 39.7 Å². The van der Waals surface area contributed by atoms with Crippen LogP contribution >= 0.6 is 0 Å². The standard InChI is InChI=1S/C24H39NO8/c1-5-25-9-21(10-31-2)7-6-12(26)23-15-14-16(27)13(17(15)28)11(32-3)8-22(14,29)24(30,20(23)25)19(33-4)18(21)23/h11-20,26-30H,5-10H2,1-4H3. The third-order valence-electron chi connectivity index (χ3n) is 11.3. The number of aliphatic hydroxyl groups excluding tert-OH is 3. The highest BCUT2D eigenvalue weighted by molar-refractivity contribution is 5.42. The first-order valence-electron chi connectivity index (χ1n) is 12.4. The lowest BCUT2D eigenvalue weighted by Gasteiger charge is -2.69. The van der Waals surface area contributed by atoms with Gasteiger partial charge in [-0.25, -0.2) is 0 Å². The zero-order chi connectivity index (χ0) is 23.7. The third-order valence-corrected chi connectivity index (χ3v) is 11.3. The van der Waals surface area contributed by atoms with E-state index >= 15 is 0 Å². The molecule has 14 unspecified atom stereocenters. The van der Waals surface area contributed by atoms with Gasteiger partial charge in [-0.3, -0.25) is 4.90 Å². The highest BCUT2D eigenvalue weighted by atomic mass is 16.5.